The fraction of sp³-hybridized carbons (Fsp3) is 0.696. The monoisotopic (exact) mass is 386 g/mol. The molecule has 1 aromatic carbocycles. The van der Waals surface area contributed by atoms with Crippen LogP contribution in [-0.4, -0.2) is 39.8 Å². The SMILES string of the molecule is COc1ccc(C2(CNC(=O)C3CC34CCNCC4)CCCCC2)cc1OC. The second-order valence-electron chi connectivity index (χ2n) is 9.00. The van der Waals surface area contributed by atoms with Crippen molar-refractivity contribution in [2.45, 2.75) is 56.8 Å². The third-order valence-electron chi connectivity index (χ3n) is 7.51. The Morgan fingerprint density at radius 3 is 2.46 bits per heavy atom. The average Bonchev–Trinajstić information content (AvgIpc) is 3.45. The number of rotatable bonds is 6. The van der Waals surface area contributed by atoms with Crippen LogP contribution in [0, 0.1) is 11.3 Å². The van der Waals surface area contributed by atoms with Crippen LogP contribution in [0.5, 0.6) is 11.5 Å². The van der Waals surface area contributed by atoms with Gasteiger partial charge in [-0.3, -0.25) is 4.79 Å². The van der Waals surface area contributed by atoms with Gasteiger partial charge in [-0.05, 0) is 68.3 Å². The number of carbonyl (C=O) groups is 1. The summed E-state index contributed by atoms with van der Waals surface area (Å²) >= 11 is 0. The quantitative estimate of drug-likeness (QED) is 0.787. The smallest absolute Gasteiger partial charge is 0.223 e. The molecular formula is C23H34N2O3. The summed E-state index contributed by atoms with van der Waals surface area (Å²) in [5.41, 5.74) is 1.56. The van der Waals surface area contributed by atoms with E-state index in [-0.39, 0.29) is 17.2 Å². The lowest BCUT2D eigenvalue weighted by Crippen LogP contribution is -2.43. The molecule has 1 aliphatic heterocycles. The summed E-state index contributed by atoms with van der Waals surface area (Å²) in [4.78, 5) is 12.9. The Kier molecular flexibility index (Phi) is 5.55. The maximum absolute atomic E-state index is 12.9. The number of methoxy groups -OCH3 is 2. The first kappa shape index (κ1) is 19.6. The number of ether oxygens (including phenoxy) is 2. The first-order valence-electron chi connectivity index (χ1n) is 10.8. The summed E-state index contributed by atoms with van der Waals surface area (Å²) in [6, 6.07) is 6.27. The Bertz CT molecular complexity index is 706. The first-order valence-corrected chi connectivity index (χ1v) is 10.8. The Morgan fingerprint density at radius 1 is 1.07 bits per heavy atom. The highest BCUT2D eigenvalue weighted by Gasteiger charge is 2.57. The minimum Gasteiger partial charge on any atom is -0.493 e. The van der Waals surface area contributed by atoms with Crippen LogP contribution in [0.25, 0.3) is 0 Å². The molecule has 2 N–H and O–H groups in total. The topological polar surface area (TPSA) is 59.6 Å². The summed E-state index contributed by atoms with van der Waals surface area (Å²) < 4.78 is 11.0. The molecule has 1 amide bonds. The van der Waals surface area contributed by atoms with Gasteiger partial charge in [0.25, 0.3) is 0 Å². The number of carbonyl (C=O) groups excluding carboxylic acids is 1. The maximum atomic E-state index is 12.9. The first-order chi connectivity index (χ1) is 13.6. The molecule has 0 bridgehead atoms. The van der Waals surface area contributed by atoms with E-state index < -0.39 is 0 Å². The molecule has 1 saturated heterocycles. The Hall–Kier alpha value is -1.75. The lowest BCUT2D eigenvalue weighted by Gasteiger charge is -2.38. The van der Waals surface area contributed by atoms with E-state index in [4.69, 9.17) is 9.47 Å². The lowest BCUT2D eigenvalue weighted by molar-refractivity contribution is -0.123. The summed E-state index contributed by atoms with van der Waals surface area (Å²) in [5.74, 6) is 2.02. The van der Waals surface area contributed by atoms with E-state index in [0.717, 1.165) is 63.2 Å². The third kappa shape index (κ3) is 3.61. The zero-order chi connectivity index (χ0) is 19.6. The van der Waals surface area contributed by atoms with Crippen molar-refractivity contribution in [3.8, 4) is 11.5 Å². The van der Waals surface area contributed by atoms with Crippen molar-refractivity contribution in [1.29, 1.82) is 0 Å². The minimum atomic E-state index is 0.00361. The Morgan fingerprint density at radius 2 is 1.79 bits per heavy atom. The van der Waals surface area contributed by atoms with Crippen LogP contribution < -0.4 is 20.1 Å². The number of hydrogen-bond acceptors (Lipinski definition) is 4. The highest BCUT2D eigenvalue weighted by Crippen LogP contribution is 2.58. The maximum Gasteiger partial charge on any atom is 0.223 e. The van der Waals surface area contributed by atoms with Crippen LogP contribution >= 0.6 is 0 Å². The standard InChI is InChI=1S/C23H34N2O3/c1-27-19-7-6-17(14-20(19)28-2)23(8-4-3-5-9-23)16-25-21(26)18-15-22(18)10-12-24-13-11-22/h6-7,14,18,24H,3-5,8-13,15-16H2,1-2H3,(H,25,26). The highest BCUT2D eigenvalue weighted by molar-refractivity contribution is 5.82. The van der Waals surface area contributed by atoms with Gasteiger partial charge in [-0.1, -0.05) is 25.3 Å². The van der Waals surface area contributed by atoms with Gasteiger partial charge >= 0.3 is 0 Å². The van der Waals surface area contributed by atoms with E-state index in [1.54, 1.807) is 14.2 Å². The van der Waals surface area contributed by atoms with Crippen molar-refractivity contribution < 1.29 is 14.3 Å². The molecule has 154 valence electrons. The summed E-state index contributed by atoms with van der Waals surface area (Å²) in [6.07, 6.45) is 9.29. The van der Waals surface area contributed by atoms with E-state index in [9.17, 15) is 4.79 Å². The van der Waals surface area contributed by atoms with Gasteiger partial charge in [0.05, 0.1) is 14.2 Å². The molecule has 1 unspecified atom stereocenters. The van der Waals surface area contributed by atoms with Gasteiger partial charge in [0, 0.05) is 17.9 Å². The zero-order valence-electron chi connectivity index (χ0n) is 17.3. The molecule has 2 aliphatic carbocycles. The summed E-state index contributed by atoms with van der Waals surface area (Å²) in [7, 11) is 3.35. The van der Waals surface area contributed by atoms with Crippen molar-refractivity contribution in [1.82, 2.24) is 10.6 Å². The van der Waals surface area contributed by atoms with E-state index in [0.29, 0.717) is 5.41 Å². The van der Waals surface area contributed by atoms with Gasteiger partial charge in [0.15, 0.2) is 11.5 Å². The predicted molar refractivity (Wildman–Crippen MR) is 110 cm³/mol. The highest BCUT2D eigenvalue weighted by atomic mass is 16.5. The molecular weight excluding hydrogens is 352 g/mol. The molecule has 1 heterocycles. The summed E-state index contributed by atoms with van der Waals surface area (Å²) in [5, 5.41) is 6.78. The molecule has 4 rings (SSSR count). The molecule has 5 nitrogen and oxygen atoms in total. The van der Waals surface area contributed by atoms with Gasteiger partial charge in [-0.15, -0.1) is 0 Å². The summed E-state index contributed by atoms with van der Waals surface area (Å²) in [6.45, 7) is 2.84. The normalized spacial score (nSPS) is 25.1. The third-order valence-corrected chi connectivity index (χ3v) is 7.51. The Labute approximate surface area is 168 Å². The van der Waals surface area contributed by atoms with Crippen LogP contribution in [0.4, 0.5) is 0 Å². The van der Waals surface area contributed by atoms with Crippen LogP contribution in [0.3, 0.4) is 0 Å². The van der Waals surface area contributed by atoms with Crippen molar-refractivity contribution in [3.05, 3.63) is 23.8 Å². The molecule has 1 spiro atoms. The van der Waals surface area contributed by atoms with Gasteiger partial charge in [0.1, 0.15) is 0 Å². The second kappa shape index (κ2) is 7.94. The molecule has 3 fully saturated rings. The van der Waals surface area contributed by atoms with Crippen LogP contribution in [-0.2, 0) is 10.2 Å². The van der Waals surface area contributed by atoms with Crippen molar-refractivity contribution in [2.75, 3.05) is 33.9 Å². The number of hydrogen-bond donors (Lipinski definition) is 2. The molecule has 0 radical (unpaired) electrons. The molecule has 1 atom stereocenters. The van der Waals surface area contributed by atoms with Crippen molar-refractivity contribution in [3.63, 3.8) is 0 Å². The van der Waals surface area contributed by atoms with Crippen molar-refractivity contribution in [2.24, 2.45) is 11.3 Å². The zero-order valence-corrected chi connectivity index (χ0v) is 17.3. The van der Waals surface area contributed by atoms with Crippen molar-refractivity contribution >= 4 is 5.91 Å². The van der Waals surface area contributed by atoms with Crippen LogP contribution in [0.1, 0.15) is 56.9 Å². The van der Waals surface area contributed by atoms with Gasteiger partial charge in [0.2, 0.25) is 5.91 Å². The largest absolute Gasteiger partial charge is 0.493 e. The molecule has 1 aromatic rings. The van der Waals surface area contributed by atoms with E-state index in [1.165, 1.54) is 24.8 Å². The average molecular weight is 387 g/mol. The molecule has 0 aromatic heterocycles. The fourth-order valence-electron chi connectivity index (χ4n) is 5.54. The molecule has 5 heteroatoms. The van der Waals surface area contributed by atoms with E-state index in [1.807, 2.05) is 6.07 Å². The molecule has 28 heavy (non-hydrogen) atoms. The molecule has 2 saturated carbocycles. The number of amides is 1. The molecule has 3 aliphatic rings. The number of piperidine rings is 1. The van der Waals surface area contributed by atoms with E-state index in [2.05, 4.69) is 22.8 Å². The Balaban J connectivity index is 1.48. The fourth-order valence-corrected chi connectivity index (χ4v) is 5.54. The minimum absolute atomic E-state index is 0.00361. The van der Waals surface area contributed by atoms with E-state index >= 15 is 0 Å². The lowest BCUT2D eigenvalue weighted by atomic mass is 9.69. The van der Waals surface area contributed by atoms with Gasteiger partial charge in [-0.25, -0.2) is 0 Å². The number of nitrogens with one attached hydrogen (secondary N) is 2. The predicted octanol–water partition coefficient (Wildman–Crippen LogP) is 3.41. The van der Waals surface area contributed by atoms with Gasteiger partial charge in [-0.2, -0.15) is 0 Å². The van der Waals surface area contributed by atoms with Crippen LogP contribution in [0.2, 0.25) is 0 Å². The van der Waals surface area contributed by atoms with Crippen LogP contribution in [0.15, 0.2) is 18.2 Å². The van der Waals surface area contributed by atoms with Gasteiger partial charge < -0.3 is 20.1 Å². The number of benzene rings is 1. The second-order valence-corrected chi connectivity index (χ2v) is 9.00.